The SMILES string of the molecule is Cc1cc(C)cc(-c2n(C)c(-c3ccccc3C)c[n+]2-c2c(C)cccc2C(C)C)c1.Cc1ccc2c(oc3ccccc32)c1-c1c[n+](C(C)C)cn1C.Cc1ccc2c(oc3ccccc32)c1-c1c[n+](C)cn1C.Cc1cccc(C)c1-[n+]1cc(-c2c(C)ccc3c2oc2ccccc23)n(C)c1.[2H]C([2H])([2H])[n+]1cc(-c2c(C)ccc3c2oc2ccccc23)n(C)c1. The Labute approximate surface area is 730 Å². The lowest BCUT2D eigenvalue weighted by molar-refractivity contribution is -0.715. The number of hydrogen-bond donors (Lipinski definition) is 0. The maximum atomic E-state index is 7.61. The van der Waals surface area contributed by atoms with Crippen LogP contribution in [-0.2, 0) is 49.3 Å². The van der Waals surface area contributed by atoms with Gasteiger partial charge < -0.3 is 17.7 Å². The van der Waals surface area contributed by atoms with Crippen LogP contribution in [0, 0.1) is 69.2 Å². The molecule has 0 unspecified atom stereocenters. The van der Waals surface area contributed by atoms with E-state index in [1.54, 1.807) is 12.5 Å². The molecule has 0 saturated heterocycles. The van der Waals surface area contributed by atoms with Gasteiger partial charge in [-0.1, -0.05) is 202 Å². The summed E-state index contributed by atoms with van der Waals surface area (Å²) in [5.41, 5.74) is 36.1. The van der Waals surface area contributed by atoms with E-state index in [-0.39, 0.29) is 0 Å². The van der Waals surface area contributed by atoms with Gasteiger partial charge >= 0.3 is 0 Å². The third kappa shape index (κ3) is 15.2. The number of nitrogens with zero attached hydrogens (tertiary/aromatic N) is 10. The standard InChI is InChI=1S/C29H33N2.C25H23N2O.C20H21N2O.2C18H17N2O/c1-19(2)25-14-10-12-23(6)28(25)31-18-27(26-13-9-8-11-22(26)5)30(7)29(31)24-16-20(3)15-21(4)17-24;1-16-12-13-20-19-10-5-6-11-22(19)28-25(20)23(16)21-14-27(15-26(21)4)24-17(2)8-7-9-18(24)3;1-13(2)22-11-17(21(4)12-22)19-14(3)9-10-16-15-7-5-6-8-18(15)23-20(16)19;2*1-12-8-9-14-13-6-4-5-7-16(13)21-18(14)17(12)15-10-19(2)11-20(15)3/h8-19H,1-7H3;5-15H,1-4H3;5-13H,1-4H3;2*4-11H,1-3H3/q5*+1/i;;;2D3;. The monoisotopic (exact) mass is 1640 g/mol. The highest BCUT2D eigenvalue weighted by molar-refractivity contribution is 6.13. The van der Waals surface area contributed by atoms with Crippen LogP contribution < -0.4 is 22.8 Å². The molecule has 0 atom stereocenters. The second kappa shape index (κ2) is 33.4. The molecule has 0 saturated carbocycles. The first-order valence-electron chi connectivity index (χ1n) is 44.2. The topological polar surface area (TPSA) is 96.6 Å². The van der Waals surface area contributed by atoms with Gasteiger partial charge in [-0.15, -0.1) is 0 Å². The lowest BCUT2D eigenvalue weighted by Gasteiger charge is -2.14. The second-order valence-corrected chi connectivity index (χ2v) is 34.3. The zero-order chi connectivity index (χ0) is 89.5. The number of fused-ring (bicyclic) bond motifs is 12. The highest BCUT2D eigenvalue weighted by Gasteiger charge is 2.31. The first-order valence-corrected chi connectivity index (χ1v) is 42.7. The summed E-state index contributed by atoms with van der Waals surface area (Å²) in [6.07, 6.45) is 18.5. The van der Waals surface area contributed by atoms with Gasteiger partial charge in [0.05, 0.1) is 87.2 Å². The van der Waals surface area contributed by atoms with Gasteiger partial charge in [0.25, 0.3) is 5.82 Å². The summed E-state index contributed by atoms with van der Waals surface area (Å²) in [6, 6.07) is 78.8. The number of imidazole rings is 5. The molecule has 14 nitrogen and oxygen atoms in total. The van der Waals surface area contributed by atoms with Gasteiger partial charge in [-0.3, -0.25) is 0 Å². The van der Waals surface area contributed by atoms with Gasteiger partial charge in [0.1, 0.15) is 87.0 Å². The van der Waals surface area contributed by atoms with Crippen molar-refractivity contribution in [1.29, 1.82) is 0 Å². The molecule has 0 N–H and O–H groups in total. The molecule has 124 heavy (non-hydrogen) atoms. The third-order valence-corrected chi connectivity index (χ3v) is 24.4. The minimum atomic E-state index is -2.20. The van der Waals surface area contributed by atoms with Crippen LogP contribution in [0.5, 0.6) is 0 Å². The van der Waals surface area contributed by atoms with Gasteiger partial charge in [-0.2, -0.15) is 4.57 Å². The number of aromatic nitrogens is 10. The van der Waals surface area contributed by atoms with Crippen molar-refractivity contribution in [3.8, 4) is 79.0 Å². The average Bonchev–Trinajstić information content (AvgIpc) is 1.61. The van der Waals surface area contributed by atoms with E-state index in [2.05, 4.69) is 356 Å². The van der Waals surface area contributed by atoms with Crippen LogP contribution in [0.1, 0.15) is 105 Å². The maximum Gasteiger partial charge on any atom is 0.294 e. The van der Waals surface area contributed by atoms with Crippen LogP contribution >= 0.6 is 0 Å². The molecule has 0 fully saturated rings. The first kappa shape index (κ1) is 78.4. The maximum absolute atomic E-state index is 7.61. The van der Waals surface area contributed by atoms with E-state index in [1.807, 2.05) is 92.3 Å². The molecule has 9 aromatic heterocycles. The molecule has 0 radical (unpaired) electrons. The lowest BCUT2D eigenvalue weighted by atomic mass is 9.97. The van der Waals surface area contributed by atoms with Crippen LogP contribution in [0.3, 0.4) is 0 Å². The molecular formula is C110H111N10O4+5. The van der Waals surface area contributed by atoms with Crippen molar-refractivity contribution in [3.05, 3.63) is 342 Å². The largest absolute Gasteiger partial charge is 0.455 e. The van der Waals surface area contributed by atoms with E-state index in [1.165, 1.54) is 138 Å². The summed E-state index contributed by atoms with van der Waals surface area (Å²) in [4.78, 5) is 0. The Morgan fingerprint density at radius 3 is 1.10 bits per heavy atom. The highest BCUT2D eigenvalue weighted by Crippen LogP contribution is 2.43. The van der Waals surface area contributed by atoms with Crippen molar-refractivity contribution in [2.75, 3.05) is 0 Å². The Morgan fingerprint density at radius 1 is 0.323 bits per heavy atom. The molecule has 0 amide bonds. The fraction of sp³-hybridized carbons (Fsp3) is 0.209. The van der Waals surface area contributed by atoms with Crippen LogP contribution in [0.15, 0.2) is 298 Å². The Balaban J connectivity index is 0.000000112. The van der Waals surface area contributed by atoms with E-state index < -0.39 is 6.98 Å². The number of aryl methyl sites for hydroxylation is 16. The second-order valence-electron chi connectivity index (χ2n) is 34.3. The molecule has 9 heterocycles. The molecule has 14 heteroatoms. The molecule has 620 valence electrons. The molecule has 21 rings (SSSR count). The molecule has 0 aliphatic carbocycles. The summed E-state index contributed by atoms with van der Waals surface area (Å²) in [5.74, 6) is 1.65. The van der Waals surface area contributed by atoms with Gasteiger partial charge in [-0.25, -0.2) is 41.1 Å². The Bertz CT molecular complexity index is 7770. The van der Waals surface area contributed by atoms with E-state index in [0.29, 0.717) is 12.0 Å². The summed E-state index contributed by atoms with van der Waals surface area (Å²) in [6.45, 7) is 28.3. The Hall–Kier alpha value is -14.1. The molecule has 0 spiro atoms. The number of hydrogen-bond acceptors (Lipinski definition) is 4. The predicted molar refractivity (Wildman–Crippen MR) is 506 cm³/mol. The van der Waals surface area contributed by atoms with Gasteiger partial charge in [0.15, 0.2) is 28.5 Å². The minimum Gasteiger partial charge on any atom is -0.455 e. The Kier molecular flexibility index (Phi) is 21.1. The molecular weight excluding hydrogens is 1530 g/mol. The van der Waals surface area contributed by atoms with Crippen LogP contribution in [0.2, 0.25) is 0 Å². The third-order valence-electron chi connectivity index (χ3n) is 24.4. The fourth-order valence-electron chi connectivity index (χ4n) is 18.3. The fourth-order valence-corrected chi connectivity index (χ4v) is 18.3. The van der Waals surface area contributed by atoms with Crippen LogP contribution in [0.4, 0.5) is 0 Å². The zero-order valence-electron chi connectivity index (χ0n) is 77.8. The summed E-state index contributed by atoms with van der Waals surface area (Å²) < 4.78 is 68.5. The zero-order valence-corrected chi connectivity index (χ0v) is 74.8. The molecule has 0 aliphatic rings. The number of furan rings is 4. The molecule has 12 aromatic carbocycles. The molecule has 21 aromatic rings. The highest BCUT2D eigenvalue weighted by atomic mass is 16.3. The van der Waals surface area contributed by atoms with Crippen molar-refractivity contribution in [3.63, 3.8) is 0 Å². The molecule has 0 aliphatic heterocycles. The number of rotatable bonds is 10. The average molecular weight is 1640 g/mol. The normalized spacial score (nSPS) is 12.0. The summed E-state index contributed by atoms with van der Waals surface area (Å²) in [5, 5.41) is 9.13. The van der Waals surface area contributed by atoms with Gasteiger partial charge in [0.2, 0.25) is 25.3 Å². The summed E-state index contributed by atoms with van der Waals surface area (Å²) in [7, 11) is 12.3. The van der Waals surface area contributed by atoms with Gasteiger partial charge in [-0.05, 0) is 181 Å². The van der Waals surface area contributed by atoms with Gasteiger partial charge in [0, 0.05) is 54.2 Å². The van der Waals surface area contributed by atoms with Crippen LogP contribution in [0.25, 0.3) is 167 Å². The smallest absolute Gasteiger partial charge is 0.294 e. The molecule has 0 bridgehead atoms. The van der Waals surface area contributed by atoms with E-state index >= 15 is 0 Å². The predicted octanol–water partition coefficient (Wildman–Crippen LogP) is 25.0. The minimum absolute atomic E-state index is 0.435. The van der Waals surface area contributed by atoms with Crippen molar-refractivity contribution < 1.29 is 44.6 Å². The Morgan fingerprint density at radius 2 is 0.694 bits per heavy atom. The number of benzene rings is 12. The van der Waals surface area contributed by atoms with Crippen molar-refractivity contribution in [1.82, 2.24) is 22.8 Å². The lowest BCUT2D eigenvalue weighted by Crippen LogP contribution is -2.34. The van der Waals surface area contributed by atoms with E-state index in [9.17, 15) is 0 Å². The van der Waals surface area contributed by atoms with Crippen molar-refractivity contribution >= 4 is 87.8 Å². The van der Waals surface area contributed by atoms with Crippen LogP contribution in [-0.4, -0.2) is 22.8 Å². The number of para-hydroxylation sites is 6. The van der Waals surface area contributed by atoms with Crippen molar-refractivity contribution in [2.45, 2.75) is 109 Å². The van der Waals surface area contributed by atoms with E-state index in [0.717, 1.165) is 94.3 Å². The quantitative estimate of drug-likeness (QED) is 0.127. The van der Waals surface area contributed by atoms with E-state index in [4.69, 9.17) is 21.8 Å². The summed E-state index contributed by atoms with van der Waals surface area (Å²) >= 11 is 0. The first-order chi connectivity index (χ1) is 60.9. The van der Waals surface area contributed by atoms with Crippen molar-refractivity contribution in [2.24, 2.45) is 49.3 Å².